The summed E-state index contributed by atoms with van der Waals surface area (Å²) in [5.74, 6) is -0.420. The molecule has 2 rings (SSSR count). The predicted octanol–water partition coefficient (Wildman–Crippen LogP) is 0.953. The number of nitrogens with two attached hydrogens (primary N) is 1. The Hall–Kier alpha value is -2.29. The molecule has 1 saturated heterocycles. The first-order valence-electron chi connectivity index (χ1n) is 6.46. The Labute approximate surface area is 117 Å². The van der Waals surface area contributed by atoms with Gasteiger partial charge in [0.05, 0.1) is 11.5 Å². The quantitative estimate of drug-likeness (QED) is 0.870. The fourth-order valence-electron chi connectivity index (χ4n) is 2.38. The van der Waals surface area contributed by atoms with Crippen LogP contribution >= 0.6 is 0 Å². The molecule has 1 aromatic rings. The molecular formula is C14H18N4O2. The maximum atomic E-state index is 12.1. The minimum absolute atomic E-state index is 0.131. The van der Waals surface area contributed by atoms with E-state index in [9.17, 15) is 9.59 Å². The Morgan fingerprint density at radius 1 is 1.50 bits per heavy atom. The van der Waals surface area contributed by atoms with Gasteiger partial charge in [0.1, 0.15) is 11.9 Å². The number of rotatable bonds is 2. The van der Waals surface area contributed by atoms with E-state index in [0.717, 1.165) is 0 Å². The number of carbonyl (C=O) groups is 2. The lowest BCUT2D eigenvalue weighted by atomic mass is 10.1. The van der Waals surface area contributed by atoms with E-state index < -0.39 is 11.8 Å². The Bertz CT molecular complexity index is 604. The molecule has 1 fully saturated rings. The van der Waals surface area contributed by atoms with E-state index in [-0.39, 0.29) is 24.4 Å². The van der Waals surface area contributed by atoms with Crippen molar-refractivity contribution in [3.05, 3.63) is 17.8 Å². The molecule has 0 spiro atoms. The van der Waals surface area contributed by atoms with Gasteiger partial charge in [0.2, 0.25) is 11.8 Å². The van der Waals surface area contributed by atoms with Gasteiger partial charge in [0.15, 0.2) is 0 Å². The zero-order valence-electron chi connectivity index (χ0n) is 11.9. The third-order valence-electron chi connectivity index (χ3n) is 3.46. The molecule has 6 heteroatoms. The fourth-order valence-corrected chi connectivity index (χ4v) is 2.38. The SMILES string of the molecule is CC(C)(C)n1cc(C#N)cc1N1CC(C(N)=O)CC1=O. The normalized spacial score (nSPS) is 19.2. The molecule has 0 radical (unpaired) electrons. The topological polar surface area (TPSA) is 92.1 Å². The molecule has 0 bridgehead atoms. The average molecular weight is 274 g/mol. The summed E-state index contributed by atoms with van der Waals surface area (Å²) in [5.41, 5.74) is 5.50. The molecule has 1 aliphatic rings. The number of carbonyl (C=O) groups excluding carboxylic acids is 2. The first-order chi connectivity index (χ1) is 9.24. The van der Waals surface area contributed by atoms with E-state index in [1.165, 1.54) is 0 Å². The molecule has 1 unspecified atom stereocenters. The summed E-state index contributed by atoms with van der Waals surface area (Å²) in [5, 5.41) is 9.05. The van der Waals surface area contributed by atoms with Crippen molar-refractivity contribution in [3.8, 4) is 6.07 Å². The number of hydrogen-bond acceptors (Lipinski definition) is 3. The third kappa shape index (κ3) is 2.39. The predicted molar refractivity (Wildman–Crippen MR) is 73.8 cm³/mol. The van der Waals surface area contributed by atoms with E-state index >= 15 is 0 Å². The van der Waals surface area contributed by atoms with Gasteiger partial charge in [0.25, 0.3) is 0 Å². The Kier molecular flexibility index (Phi) is 3.30. The maximum Gasteiger partial charge on any atom is 0.228 e. The first-order valence-corrected chi connectivity index (χ1v) is 6.46. The standard InChI is InChI=1S/C14H18N4O2/c1-14(2,3)18-7-9(6-15)4-11(18)17-8-10(13(16)20)5-12(17)19/h4,7,10H,5,8H2,1-3H3,(H2,16,20). The van der Waals surface area contributed by atoms with E-state index in [1.807, 2.05) is 25.3 Å². The summed E-state index contributed by atoms with van der Waals surface area (Å²) in [6.45, 7) is 6.25. The van der Waals surface area contributed by atoms with Crippen LogP contribution in [0.3, 0.4) is 0 Å². The number of anilines is 1. The monoisotopic (exact) mass is 274 g/mol. The smallest absolute Gasteiger partial charge is 0.228 e. The van der Waals surface area contributed by atoms with Gasteiger partial charge in [0, 0.05) is 24.7 Å². The number of hydrogen-bond donors (Lipinski definition) is 1. The van der Waals surface area contributed by atoms with Crippen LogP contribution < -0.4 is 10.6 Å². The summed E-state index contributed by atoms with van der Waals surface area (Å²) in [6.07, 6.45) is 1.85. The Morgan fingerprint density at radius 2 is 2.15 bits per heavy atom. The van der Waals surface area contributed by atoms with Gasteiger partial charge in [-0.1, -0.05) is 0 Å². The Balaban J connectivity index is 2.43. The lowest BCUT2D eigenvalue weighted by Gasteiger charge is -2.28. The van der Waals surface area contributed by atoms with Gasteiger partial charge in [-0.25, -0.2) is 0 Å². The molecule has 2 amide bonds. The van der Waals surface area contributed by atoms with Crippen molar-refractivity contribution < 1.29 is 9.59 Å². The number of aromatic nitrogens is 1. The second kappa shape index (κ2) is 4.67. The van der Waals surface area contributed by atoms with E-state index in [1.54, 1.807) is 17.2 Å². The second-order valence-corrected chi connectivity index (χ2v) is 6.05. The molecule has 106 valence electrons. The van der Waals surface area contributed by atoms with Crippen molar-refractivity contribution in [2.24, 2.45) is 11.7 Å². The summed E-state index contributed by atoms with van der Waals surface area (Å²) in [7, 11) is 0. The first kappa shape index (κ1) is 14.1. The molecule has 2 N–H and O–H groups in total. The molecule has 0 aliphatic carbocycles. The number of nitrogens with zero attached hydrogens (tertiary/aromatic N) is 3. The highest BCUT2D eigenvalue weighted by molar-refractivity contribution is 5.99. The van der Waals surface area contributed by atoms with Crippen molar-refractivity contribution in [1.29, 1.82) is 5.26 Å². The van der Waals surface area contributed by atoms with Crippen molar-refractivity contribution in [2.45, 2.75) is 32.7 Å². The van der Waals surface area contributed by atoms with Gasteiger partial charge in [-0.3, -0.25) is 14.5 Å². The van der Waals surface area contributed by atoms with Crippen LogP contribution in [0.4, 0.5) is 5.82 Å². The molecular weight excluding hydrogens is 256 g/mol. The molecule has 2 heterocycles. The summed E-state index contributed by atoms with van der Waals surface area (Å²) >= 11 is 0. The molecule has 0 saturated carbocycles. The van der Waals surface area contributed by atoms with Crippen LogP contribution in [-0.2, 0) is 15.1 Å². The van der Waals surface area contributed by atoms with Gasteiger partial charge >= 0.3 is 0 Å². The van der Waals surface area contributed by atoms with Crippen molar-refractivity contribution in [1.82, 2.24) is 4.57 Å². The minimum atomic E-state index is -0.463. The second-order valence-electron chi connectivity index (χ2n) is 6.05. The van der Waals surface area contributed by atoms with Crippen LogP contribution in [0.1, 0.15) is 32.8 Å². The van der Waals surface area contributed by atoms with Crippen LogP contribution in [0.5, 0.6) is 0 Å². The third-order valence-corrected chi connectivity index (χ3v) is 3.46. The zero-order chi connectivity index (χ0) is 15.1. The van der Waals surface area contributed by atoms with Gasteiger partial charge in [-0.05, 0) is 26.8 Å². The molecule has 20 heavy (non-hydrogen) atoms. The van der Waals surface area contributed by atoms with E-state index in [2.05, 4.69) is 6.07 Å². The highest BCUT2D eigenvalue weighted by atomic mass is 16.2. The average Bonchev–Trinajstić information content (AvgIpc) is 2.91. The number of amides is 2. The highest BCUT2D eigenvalue weighted by Crippen LogP contribution is 2.31. The largest absolute Gasteiger partial charge is 0.369 e. The van der Waals surface area contributed by atoms with Crippen molar-refractivity contribution in [3.63, 3.8) is 0 Å². The van der Waals surface area contributed by atoms with Crippen LogP contribution in [0.25, 0.3) is 0 Å². The maximum absolute atomic E-state index is 12.1. The summed E-state index contributed by atoms with van der Waals surface area (Å²) in [4.78, 5) is 24.9. The summed E-state index contributed by atoms with van der Waals surface area (Å²) in [6, 6.07) is 3.75. The molecule has 1 aromatic heterocycles. The number of primary amides is 1. The molecule has 0 aromatic carbocycles. The number of nitriles is 1. The lowest BCUT2D eigenvalue weighted by Crippen LogP contribution is -2.33. The van der Waals surface area contributed by atoms with Gasteiger partial charge in [-0.2, -0.15) is 5.26 Å². The van der Waals surface area contributed by atoms with Crippen LogP contribution in [0.15, 0.2) is 12.3 Å². The molecule has 1 atom stereocenters. The molecule has 1 aliphatic heterocycles. The van der Waals surface area contributed by atoms with E-state index in [0.29, 0.717) is 11.4 Å². The Morgan fingerprint density at radius 3 is 2.60 bits per heavy atom. The van der Waals surface area contributed by atoms with Crippen molar-refractivity contribution in [2.75, 3.05) is 11.4 Å². The summed E-state index contributed by atoms with van der Waals surface area (Å²) < 4.78 is 1.88. The van der Waals surface area contributed by atoms with E-state index in [4.69, 9.17) is 11.0 Å². The zero-order valence-corrected chi connectivity index (χ0v) is 11.9. The van der Waals surface area contributed by atoms with Gasteiger partial charge in [-0.15, -0.1) is 0 Å². The lowest BCUT2D eigenvalue weighted by molar-refractivity contribution is -0.123. The van der Waals surface area contributed by atoms with Crippen LogP contribution in [0, 0.1) is 17.2 Å². The highest BCUT2D eigenvalue weighted by Gasteiger charge is 2.36. The molecule has 6 nitrogen and oxygen atoms in total. The van der Waals surface area contributed by atoms with Crippen LogP contribution in [0.2, 0.25) is 0 Å². The fraction of sp³-hybridized carbons (Fsp3) is 0.500. The minimum Gasteiger partial charge on any atom is -0.369 e. The van der Waals surface area contributed by atoms with Crippen molar-refractivity contribution >= 4 is 17.6 Å². The van der Waals surface area contributed by atoms with Crippen LogP contribution in [-0.4, -0.2) is 22.9 Å². The van der Waals surface area contributed by atoms with Gasteiger partial charge < -0.3 is 10.3 Å².